The predicted molar refractivity (Wildman–Crippen MR) is 89.4 cm³/mol. The van der Waals surface area contributed by atoms with Gasteiger partial charge in [0.25, 0.3) is 0 Å². The van der Waals surface area contributed by atoms with Gasteiger partial charge in [-0.15, -0.1) is 0 Å². The topological polar surface area (TPSA) is 79.3 Å². The number of carbonyl (C=O) groups excluding carboxylic acids is 2. The highest BCUT2D eigenvalue weighted by atomic mass is 16.2. The number of imidazole rings is 1. The summed E-state index contributed by atoms with van der Waals surface area (Å²) in [4.78, 5) is 29.5. The molecule has 3 amide bonds. The SMILES string of the molecule is Cc1cc2c(cc1-c1ncc(N3CCC(=O)NC3=O)n1C)CNC2. The van der Waals surface area contributed by atoms with E-state index >= 15 is 0 Å². The monoisotopic (exact) mass is 325 g/mol. The molecule has 7 heteroatoms. The van der Waals surface area contributed by atoms with Crippen LogP contribution >= 0.6 is 0 Å². The van der Waals surface area contributed by atoms with Gasteiger partial charge in [-0.1, -0.05) is 6.07 Å². The smallest absolute Gasteiger partial charge is 0.314 e. The third kappa shape index (κ3) is 2.28. The van der Waals surface area contributed by atoms with Crippen LogP contribution in [0.25, 0.3) is 11.4 Å². The molecule has 24 heavy (non-hydrogen) atoms. The van der Waals surface area contributed by atoms with Gasteiger partial charge in [0.05, 0.1) is 6.20 Å². The van der Waals surface area contributed by atoms with Crippen molar-refractivity contribution < 1.29 is 9.59 Å². The van der Waals surface area contributed by atoms with Crippen LogP contribution in [0.1, 0.15) is 23.1 Å². The van der Waals surface area contributed by atoms with Gasteiger partial charge >= 0.3 is 6.03 Å². The van der Waals surface area contributed by atoms with Gasteiger partial charge < -0.3 is 9.88 Å². The molecular formula is C17H19N5O2. The number of carbonyl (C=O) groups is 2. The summed E-state index contributed by atoms with van der Waals surface area (Å²) in [7, 11) is 1.90. The summed E-state index contributed by atoms with van der Waals surface area (Å²) in [6.45, 7) is 4.23. The second-order valence-electron chi connectivity index (χ2n) is 6.29. The third-order valence-corrected chi connectivity index (χ3v) is 4.71. The molecule has 2 aliphatic rings. The second kappa shape index (κ2) is 5.45. The molecule has 1 saturated heterocycles. The zero-order chi connectivity index (χ0) is 16.8. The lowest BCUT2D eigenvalue weighted by Crippen LogP contribution is -2.50. The normalized spacial score (nSPS) is 17.2. The fraction of sp³-hybridized carbons (Fsp3) is 0.353. The number of anilines is 1. The molecular weight excluding hydrogens is 306 g/mol. The van der Waals surface area contributed by atoms with Crippen LogP contribution in [-0.4, -0.2) is 28.0 Å². The van der Waals surface area contributed by atoms with Crippen LogP contribution < -0.4 is 15.5 Å². The lowest BCUT2D eigenvalue weighted by atomic mass is 10.0. The summed E-state index contributed by atoms with van der Waals surface area (Å²) in [5, 5.41) is 5.70. The molecule has 124 valence electrons. The Labute approximate surface area is 139 Å². The number of hydrogen-bond acceptors (Lipinski definition) is 4. The highest BCUT2D eigenvalue weighted by Crippen LogP contribution is 2.30. The lowest BCUT2D eigenvalue weighted by Gasteiger charge is -2.26. The zero-order valence-corrected chi connectivity index (χ0v) is 13.7. The van der Waals surface area contributed by atoms with Crippen LogP contribution in [-0.2, 0) is 24.9 Å². The first-order valence-corrected chi connectivity index (χ1v) is 8.01. The van der Waals surface area contributed by atoms with Crippen molar-refractivity contribution in [2.75, 3.05) is 11.4 Å². The van der Waals surface area contributed by atoms with Gasteiger partial charge in [-0.25, -0.2) is 9.78 Å². The minimum atomic E-state index is -0.393. The second-order valence-corrected chi connectivity index (χ2v) is 6.29. The Bertz CT molecular complexity index is 855. The van der Waals surface area contributed by atoms with Gasteiger partial charge in [-0.3, -0.25) is 15.0 Å². The molecule has 1 fully saturated rings. The molecule has 0 radical (unpaired) electrons. The average molecular weight is 325 g/mol. The molecule has 1 aromatic heterocycles. The summed E-state index contributed by atoms with van der Waals surface area (Å²) in [6, 6.07) is 3.98. The van der Waals surface area contributed by atoms with Crippen molar-refractivity contribution >= 4 is 17.8 Å². The Morgan fingerprint density at radius 3 is 2.67 bits per heavy atom. The van der Waals surface area contributed by atoms with Gasteiger partial charge in [0.15, 0.2) is 0 Å². The third-order valence-electron chi connectivity index (χ3n) is 4.71. The van der Waals surface area contributed by atoms with Crippen molar-refractivity contribution in [2.24, 2.45) is 7.05 Å². The van der Waals surface area contributed by atoms with Gasteiger partial charge in [0.1, 0.15) is 11.6 Å². The van der Waals surface area contributed by atoms with E-state index in [1.807, 2.05) is 11.6 Å². The lowest BCUT2D eigenvalue weighted by molar-refractivity contribution is -0.120. The number of hydrogen-bond donors (Lipinski definition) is 2. The Kier molecular flexibility index (Phi) is 3.38. The van der Waals surface area contributed by atoms with Crippen molar-refractivity contribution in [3.8, 4) is 11.4 Å². The van der Waals surface area contributed by atoms with E-state index in [2.05, 4.69) is 34.7 Å². The van der Waals surface area contributed by atoms with Crippen LogP contribution in [0.5, 0.6) is 0 Å². The van der Waals surface area contributed by atoms with Crippen molar-refractivity contribution in [1.29, 1.82) is 0 Å². The fourth-order valence-electron chi connectivity index (χ4n) is 3.40. The van der Waals surface area contributed by atoms with E-state index in [-0.39, 0.29) is 5.91 Å². The van der Waals surface area contributed by atoms with Crippen molar-refractivity contribution in [1.82, 2.24) is 20.2 Å². The van der Waals surface area contributed by atoms with Crippen LogP contribution in [0.15, 0.2) is 18.3 Å². The maximum atomic E-state index is 12.1. The van der Waals surface area contributed by atoms with Crippen molar-refractivity contribution in [3.63, 3.8) is 0 Å². The number of fused-ring (bicyclic) bond motifs is 1. The fourth-order valence-corrected chi connectivity index (χ4v) is 3.40. The standard InChI is InChI=1S/C17H19N5O2/c1-10-5-11-7-18-8-12(11)6-13(10)16-19-9-15(21(16)2)22-4-3-14(23)20-17(22)24/h5-6,9,18H,3-4,7-8H2,1-2H3,(H,20,23,24). The molecule has 7 nitrogen and oxygen atoms in total. The number of nitrogens with zero attached hydrogens (tertiary/aromatic N) is 3. The molecule has 1 aromatic carbocycles. The molecule has 0 spiro atoms. The van der Waals surface area contributed by atoms with Gasteiger partial charge in [-0.05, 0) is 29.7 Å². The summed E-state index contributed by atoms with van der Waals surface area (Å²) in [5.74, 6) is 1.27. The Balaban J connectivity index is 1.73. The molecule has 0 bridgehead atoms. The molecule has 2 N–H and O–H groups in total. The molecule has 3 heterocycles. The van der Waals surface area contributed by atoms with Gasteiger partial charge in [-0.2, -0.15) is 0 Å². The van der Waals surface area contributed by atoms with E-state index in [9.17, 15) is 9.59 Å². The van der Waals surface area contributed by atoms with Crippen LogP contribution in [0.2, 0.25) is 0 Å². The first kappa shape index (κ1) is 14.9. The predicted octanol–water partition coefficient (Wildman–Crippen LogP) is 1.45. The van der Waals surface area contributed by atoms with E-state index < -0.39 is 6.03 Å². The quantitative estimate of drug-likeness (QED) is 0.876. The summed E-state index contributed by atoms with van der Waals surface area (Å²) in [6.07, 6.45) is 1.99. The average Bonchev–Trinajstić information content (AvgIpc) is 3.13. The van der Waals surface area contributed by atoms with Crippen molar-refractivity contribution in [3.05, 3.63) is 35.0 Å². The largest absolute Gasteiger partial charge is 0.329 e. The van der Waals surface area contributed by atoms with E-state index in [1.54, 1.807) is 11.1 Å². The molecule has 2 aliphatic heterocycles. The summed E-state index contributed by atoms with van der Waals surface area (Å²) in [5.41, 5.74) is 4.86. The molecule has 0 unspecified atom stereocenters. The maximum absolute atomic E-state index is 12.1. The Hall–Kier alpha value is -2.67. The van der Waals surface area contributed by atoms with E-state index in [0.29, 0.717) is 18.8 Å². The molecule has 4 rings (SSSR count). The molecule has 0 atom stereocenters. The first-order chi connectivity index (χ1) is 11.5. The van der Waals surface area contributed by atoms with Crippen molar-refractivity contribution in [2.45, 2.75) is 26.4 Å². The molecule has 2 aromatic rings. The van der Waals surface area contributed by atoms with Crippen LogP contribution in [0, 0.1) is 6.92 Å². The van der Waals surface area contributed by atoms with E-state index in [4.69, 9.17) is 0 Å². The number of amides is 3. The highest BCUT2D eigenvalue weighted by Gasteiger charge is 2.27. The Morgan fingerprint density at radius 2 is 1.92 bits per heavy atom. The number of urea groups is 1. The number of aryl methyl sites for hydroxylation is 1. The number of imide groups is 1. The number of rotatable bonds is 2. The molecule has 0 aliphatic carbocycles. The van der Waals surface area contributed by atoms with Crippen LogP contribution in [0.3, 0.4) is 0 Å². The zero-order valence-electron chi connectivity index (χ0n) is 13.7. The summed E-state index contributed by atoms with van der Waals surface area (Å²) < 4.78 is 1.91. The first-order valence-electron chi connectivity index (χ1n) is 8.01. The summed E-state index contributed by atoms with van der Waals surface area (Å²) >= 11 is 0. The van der Waals surface area contributed by atoms with E-state index in [1.165, 1.54) is 11.1 Å². The number of nitrogens with one attached hydrogen (secondary N) is 2. The van der Waals surface area contributed by atoms with E-state index in [0.717, 1.165) is 30.0 Å². The van der Waals surface area contributed by atoms with Crippen LogP contribution in [0.4, 0.5) is 10.6 Å². The maximum Gasteiger partial charge on any atom is 0.329 e. The number of benzene rings is 1. The minimum absolute atomic E-state index is 0.236. The number of aromatic nitrogens is 2. The van der Waals surface area contributed by atoms with Gasteiger partial charge in [0, 0.05) is 38.7 Å². The highest BCUT2D eigenvalue weighted by molar-refractivity contribution is 6.05. The minimum Gasteiger partial charge on any atom is -0.314 e. The Morgan fingerprint density at radius 1 is 1.17 bits per heavy atom. The van der Waals surface area contributed by atoms with Gasteiger partial charge in [0.2, 0.25) is 5.91 Å². The molecule has 0 saturated carbocycles.